The van der Waals surface area contributed by atoms with E-state index < -0.39 is 11.8 Å². The fraction of sp³-hybridized carbons (Fsp3) is 0.722. The van der Waals surface area contributed by atoms with E-state index in [0.717, 1.165) is 36.7 Å². The summed E-state index contributed by atoms with van der Waals surface area (Å²) in [5.41, 5.74) is 2.27. The van der Waals surface area contributed by atoms with Crippen molar-refractivity contribution >= 4 is 11.9 Å². The highest BCUT2D eigenvalue weighted by atomic mass is 19.3. The molecule has 4 aliphatic rings. The fourth-order valence-corrected chi connectivity index (χ4v) is 4.91. The van der Waals surface area contributed by atoms with Crippen molar-refractivity contribution in [1.29, 1.82) is 0 Å². The Balaban J connectivity index is 1.29. The van der Waals surface area contributed by atoms with Gasteiger partial charge in [0, 0.05) is 62.7 Å². The van der Waals surface area contributed by atoms with E-state index in [9.17, 15) is 13.6 Å². The monoisotopic (exact) mass is 348 g/mol. The van der Waals surface area contributed by atoms with E-state index >= 15 is 0 Å². The first-order chi connectivity index (χ1) is 12.0. The van der Waals surface area contributed by atoms with Crippen LogP contribution < -0.4 is 4.90 Å². The molecule has 0 spiro atoms. The minimum absolute atomic E-state index is 0.0866. The van der Waals surface area contributed by atoms with E-state index in [0.29, 0.717) is 19.0 Å². The summed E-state index contributed by atoms with van der Waals surface area (Å²) in [5, 5.41) is 0. The molecule has 5 nitrogen and oxygen atoms in total. The summed E-state index contributed by atoms with van der Waals surface area (Å²) in [5.74, 6) is -1.74. The lowest BCUT2D eigenvalue weighted by Gasteiger charge is -2.36. The summed E-state index contributed by atoms with van der Waals surface area (Å²) >= 11 is 0. The van der Waals surface area contributed by atoms with Crippen molar-refractivity contribution < 1.29 is 13.6 Å². The van der Waals surface area contributed by atoms with Gasteiger partial charge in [-0.15, -0.1) is 0 Å². The number of alkyl halides is 2. The molecule has 1 aromatic rings. The van der Waals surface area contributed by atoms with Crippen molar-refractivity contribution in [2.75, 3.05) is 31.1 Å². The van der Waals surface area contributed by atoms with Gasteiger partial charge in [-0.1, -0.05) is 0 Å². The molecule has 2 atom stereocenters. The Bertz CT molecular complexity index is 711. The Kier molecular flexibility index (Phi) is 3.31. The summed E-state index contributed by atoms with van der Waals surface area (Å²) in [7, 11) is 0. The van der Waals surface area contributed by atoms with Crippen LogP contribution in [-0.2, 0) is 11.2 Å². The van der Waals surface area contributed by atoms with E-state index in [1.807, 2.05) is 6.20 Å². The van der Waals surface area contributed by atoms with Crippen LogP contribution in [0.1, 0.15) is 42.9 Å². The molecule has 0 bridgehead atoms. The Hall–Kier alpha value is -1.79. The number of hydrogen-bond donors (Lipinski definition) is 0. The molecular formula is C18H22F2N4O. The number of carbonyl (C=O) groups is 1. The molecule has 1 aromatic heterocycles. The number of anilines is 1. The molecule has 5 rings (SSSR count). The molecule has 25 heavy (non-hydrogen) atoms. The fourth-order valence-electron chi connectivity index (χ4n) is 4.91. The van der Waals surface area contributed by atoms with Gasteiger partial charge < -0.3 is 9.80 Å². The lowest BCUT2D eigenvalue weighted by atomic mass is 9.80. The molecule has 2 aliphatic carbocycles. The second kappa shape index (κ2) is 5.35. The lowest BCUT2D eigenvalue weighted by molar-refractivity contribution is -0.159. The number of hydrogen-bond acceptors (Lipinski definition) is 4. The zero-order chi connectivity index (χ0) is 17.2. The maximum absolute atomic E-state index is 13.0. The standard InChI is InChI=1S/C18H22F2N4O/c19-18(20)6-12(7-18)16(25)24-9-11-5-15-13(14(11)10-24)8-21-17(22-15)23-3-1-2-4-23/h8,11-12,14H,1-7,9-10H2. The van der Waals surface area contributed by atoms with Gasteiger partial charge >= 0.3 is 0 Å². The molecule has 0 radical (unpaired) electrons. The molecule has 2 unspecified atom stereocenters. The maximum Gasteiger partial charge on any atom is 0.249 e. The summed E-state index contributed by atoms with van der Waals surface area (Å²) in [4.78, 5) is 25.8. The number of likely N-dealkylation sites (tertiary alicyclic amines) is 1. The molecule has 1 saturated carbocycles. The first kappa shape index (κ1) is 15.5. The zero-order valence-corrected chi connectivity index (χ0v) is 14.1. The van der Waals surface area contributed by atoms with Gasteiger partial charge in [-0.25, -0.2) is 18.7 Å². The predicted octanol–water partition coefficient (Wildman–Crippen LogP) is 2.22. The van der Waals surface area contributed by atoms with Crippen LogP contribution in [0.2, 0.25) is 0 Å². The Morgan fingerprint density at radius 1 is 1.20 bits per heavy atom. The average molecular weight is 348 g/mol. The summed E-state index contributed by atoms with van der Waals surface area (Å²) < 4.78 is 26.1. The summed E-state index contributed by atoms with van der Waals surface area (Å²) in [6.45, 7) is 3.35. The van der Waals surface area contributed by atoms with Gasteiger partial charge in [0.25, 0.3) is 0 Å². The Morgan fingerprint density at radius 3 is 2.68 bits per heavy atom. The molecule has 0 aromatic carbocycles. The molecule has 3 fully saturated rings. The smallest absolute Gasteiger partial charge is 0.249 e. The third kappa shape index (κ3) is 2.50. The second-order valence-electron chi connectivity index (χ2n) is 8.04. The lowest BCUT2D eigenvalue weighted by Crippen LogP contribution is -2.46. The summed E-state index contributed by atoms with van der Waals surface area (Å²) in [6, 6.07) is 0. The predicted molar refractivity (Wildman–Crippen MR) is 87.7 cm³/mol. The van der Waals surface area contributed by atoms with Crippen LogP contribution in [0.5, 0.6) is 0 Å². The van der Waals surface area contributed by atoms with Crippen LogP contribution in [0.25, 0.3) is 0 Å². The van der Waals surface area contributed by atoms with E-state index in [1.165, 1.54) is 12.8 Å². The van der Waals surface area contributed by atoms with Crippen LogP contribution in [0.15, 0.2) is 6.20 Å². The van der Waals surface area contributed by atoms with E-state index in [-0.39, 0.29) is 24.7 Å². The number of fused-ring (bicyclic) bond motifs is 3. The number of amides is 1. The molecule has 134 valence electrons. The van der Waals surface area contributed by atoms with Crippen LogP contribution in [0.4, 0.5) is 14.7 Å². The highest BCUT2D eigenvalue weighted by molar-refractivity contribution is 5.80. The number of aromatic nitrogens is 2. The first-order valence-corrected chi connectivity index (χ1v) is 9.27. The molecule has 2 saturated heterocycles. The molecule has 1 amide bonds. The second-order valence-corrected chi connectivity index (χ2v) is 8.04. The number of carbonyl (C=O) groups excluding carboxylic acids is 1. The highest BCUT2D eigenvalue weighted by Crippen LogP contribution is 2.46. The largest absolute Gasteiger partial charge is 0.342 e. The Morgan fingerprint density at radius 2 is 1.96 bits per heavy atom. The topological polar surface area (TPSA) is 49.3 Å². The number of rotatable bonds is 2. The van der Waals surface area contributed by atoms with Gasteiger partial charge in [0.05, 0.1) is 0 Å². The minimum Gasteiger partial charge on any atom is -0.342 e. The molecule has 0 N–H and O–H groups in total. The normalized spacial score (nSPS) is 30.3. The van der Waals surface area contributed by atoms with Crippen molar-refractivity contribution in [3.8, 4) is 0 Å². The van der Waals surface area contributed by atoms with Crippen molar-refractivity contribution in [1.82, 2.24) is 14.9 Å². The average Bonchev–Trinajstić information content (AvgIpc) is 3.26. The first-order valence-electron chi connectivity index (χ1n) is 9.27. The van der Waals surface area contributed by atoms with Gasteiger partial charge in [-0.05, 0) is 30.7 Å². The van der Waals surface area contributed by atoms with Crippen LogP contribution in [0.3, 0.4) is 0 Å². The van der Waals surface area contributed by atoms with Crippen LogP contribution in [-0.4, -0.2) is 52.9 Å². The van der Waals surface area contributed by atoms with E-state index in [2.05, 4.69) is 9.88 Å². The third-order valence-electron chi connectivity index (χ3n) is 6.32. The van der Waals surface area contributed by atoms with Gasteiger partial charge in [0.1, 0.15) is 0 Å². The van der Waals surface area contributed by atoms with Crippen LogP contribution >= 0.6 is 0 Å². The van der Waals surface area contributed by atoms with Crippen molar-refractivity contribution in [3.63, 3.8) is 0 Å². The van der Waals surface area contributed by atoms with Crippen LogP contribution in [0, 0.1) is 11.8 Å². The van der Waals surface area contributed by atoms with Gasteiger partial charge in [-0.3, -0.25) is 4.79 Å². The van der Waals surface area contributed by atoms with Crippen molar-refractivity contribution in [2.45, 2.75) is 43.9 Å². The highest BCUT2D eigenvalue weighted by Gasteiger charge is 2.52. The van der Waals surface area contributed by atoms with Gasteiger partial charge in [0.2, 0.25) is 17.8 Å². The van der Waals surface area contributed by atoms with Gasteiger partial charge in [-0.2, -0.15) is 0 Å². The van der Waals surface area contributed by atoms with E-state index in [1.54, 1.807) is 4.90 Å². The number of nitrogens with zero attached hydrogens (tertiary/aromatic N) is 4. The molecule has 3 heterocycles. The molecule has 7 heteroatoms. The molecular weight excluding hydrogens is 326 g/mol. The number of halogens is 2. The van der Waals surface area contributed by atoms with Crippen molar-refractivity contribution in [3.05, 3.63) is 17.5 Å². The quantitative estimate of drug-likeness (QED) is 0.822. The van der Waals surface area contributed by atoms with E-state index in [4.69, 9.17) is 4.98 Å². The minimum atomic E-state index is -2.64. The molecule has 2 aliphatic heterocycles. The third-order valence-corrected chi connectivity index (χ3v) is 6.32. The maximum atomic E-state index is 13.0. The van der Waals surface area contributed by atoms with Gasteiger partial charge in [0.15, 0.2) is 0 Å². The SMILES string of the molecule is O=C(C1CC(F)(F)C1)N1CC2Cc3nc(N4CCCC4)ncc3C2C1. The Labute approximate surface area is 145 Å². The van der Waals surface area contributed by atoms with Crippen molar-refractivity contribution in [2.24, 2.45) is 11.8 Å². The zero-order valence-electron chi connectivity index (χ0n) is 14.1. The summed E-state index contributed by atoms with van der Waals surface area (Å²) in [6.07, 6.45) is 4.64.